The Kier molecular flexibility index (Phi) is 4.30. The van der Waals surface area contributed by atoms with Crippen LogP contribution in [0.1, 0.15) is 17.4 Å². The number of aliphatic hydroxyl groups is 1. The maximum atomic E-state index is 13.4. The predicted octanol–water partition coefficient (Wildman–Crippen LogP) is 1.55. The van der Waals surface area contributed by atoms with E-state index in [0.29, 0.717) is 0 Å². The lowest BCUT2D eigenvalue weighted by atomic mass is 10.1. The molecule has 5 heteroatoms. The number of carbonyl (C=O) groups excluding carboxylic acids is 1. The number of aromatic nitrogens is 1. The lowest BCUT2D eigenvalue weighted by Gasteiger charge is -2.12. The molecule has 2 aromatic rings. The number of rotatable bonds is 5. The van der Waals surface area contributed by atoms with Crippen LogP contribution in [0.15, 0.2) is 42.6 Å². The van der Waals surface area contributed by atoms with Gasteiger partial charge in [0.1, 0.15) is 5.82 Å². The van der Waals surface area contributed by atoms with Crippen molar-refractivity contribution in [1.29, 1.82) is 0 Å². The molecular weight excluding hydrogens is 247 g/mol. The highest BCUT2D eigenvalue weighted by Crippen LogP contribution is 2.15. The molecule has 0 aliphatic rings. The van der Waals surface area contributed by atoms with E-state index < -0.39 is 11.9 Å². The summed E-state index contributed by atoms with van der Waals surface area (Å²) in [6, 6.07) is 9.57. The van der Waals surface area contributed by atoms with Gasteiger partial charge in [0.05, 0.1) is 12.5 Å². The van der Waals surface area contributed by atoms with Crippen molar-refractivity contribution < 1.29 is 14.3 Å². The van der Waals surface area contributed by atoms with Crippen molar-refractivity contribution in [3.63, 3.8) is 0 Å². The van der Waals surface area contributed by atoms with Crippen molar-refractivity contribution in [3.05, 3.63) is 59.7 Å². The molecule has 0 saturated heterocycles. The average Bonchev–Trinajstić information content (AvgIpc) is 2.89. The van der Waals surface area contributed by atoms with E-state index in [1.807, 2.05) is 0 Å². The number of nitrogens with one attached hydrogen (secondary N) is 2. The second kappa shape index (κ2) is 6.15. The minimum Gasteiger partial charge on any atom is -0.386 e. The van der Waals surface area contributed by atoms with Crippen LogP contribution in [0.3, 0.4) is 0 Å². The predicted molar refractivity (Wildman–Crippen MR) is 68.9 cm³/mol. The average molecular weight is 262 g/mol. The zero-order valence-electron chi connectivity index (χ0n) is 10.3. The maximum Gasteiger partial charge on any atom is 0.226 e. The standard InChI is InChI=1S/C14H15FN2O2/c15-12-6-2-1-5-11(12)13(18)9-17-14(19)8-10-4-3-7-16-10/h1-7,13,16,18H,8-9H2,(H,17,19). The summed E-state index contributed by atoms with van der Waals surface area (Å²) in [7, 11) is 0. The van der Waals surface area contributed by atoms with E-state index in [0.717, 1.165) is 5.69 Å². The molecule has 0 bridgehead atoms. The normalized spacial score (nSPS) is 12.1. The Labute approximate surface area is 110 Å². The molecule has 1 aromatic carbocycles. The Hall–Kier alpha value is -2.14. The number of aliphatic hydroxyl groups excluding tert-OH is 1. The van der Waals surface area contributed by atoms with Crippen LogP contribution >= 0.6 is 0 Å². The van der Waals surface area contributed by atoms with Crippen molar-refractivity contribution in [2.24, 2.45) is 0 Å². The zero-order valence-corrected chi connectivity index (χ0v) is 10.3. The van der Waals surface area contributed by atoms with Crippen LogP contribution in [-0.2, 0) is 11.2 Å². The van der Waals surface area contributed by atoms with Gasteiger partial charge in [-0.3, -0.25) is 4.79 Å². The Morgan fingerprint density at radius 1 is 1.32 bits per heavy atom. The molecule has 0 saturated carbocycles. The molecule has 0 aliphatic carbocycles. The number of aromatic amines is 1. The van der Waals surface area contributed by atoms with Gasteiger partial charge in [-0.1, -0.05) is 18.2 Å². The summed E-state index contributed by atoms with van der Waals surface area (Å²) < 4.78 is 13.4. The molecule has 1 atom stereocenters. The van der Waals surface area contributed by atoms with E-state index in [1.54, 1.807) is 30.5 Å². The fraction of sp³-hybridized carbons (Fsp3) is 0.214. The summed E-state index contributed by atoms with van der Waals surface area (Å²) in [4.78, 5) is 14.5. The SMILES string of the molecule is O=C(Cc1ccc[nH]1)NCC(O)c1ccccc1F. The Bertz CT molecular complexity index is 540. The van der Waals surface area contributed by atoms with Crippen LogP contribution in [0.4, 0.5) is 4.39 Å². The van der Waals surface area contributed by atoms with E-state index in [2.05, 4.69) is 10.3 Å². The topological polar surface area (TPSA) is 65.1 Å². The lowest BCUT2D eigenvalue weighted by molar-refractivity contribution is -0.120. The van der Waals surface area contributed by atoms with Gasteiger partial charge in [-0.15, -0.1) is 0 Å². The molecule has 19 heavy (non-hydrogen) atoms. The summed E-state index contributed by atoms with van der Waals surface area (Å²) in [6.07, 6.45) is 0.891. The lowest BCUT2D eigenvalue weighted by Crippen LogP contribution is -2.30. The number of H-pyrrole nitrogens is 1. The molecule has 0 spiro atoms. The first kappa shape index (κ1) is 13.3. The monoisotopic (exact) mass is 262 g/mol. The molecule has 1 heterocycles. The van der Waals surface area contributed by atoms with Crippen LogP contribution in [0.2, 0.25) is 0 Å². The highest BCUT2D eigenvalue weighted by Gasteiger charge is 2.13. The van der Waals surface area contributed by atoms with Crippen LogP contribution < -0.4 is 5.32 Å². The number of benzene rings is 1. The number of hydrogen-bond donors (Lipinski definition) is 3. The van der Waals surface area contributed by atoms with Gasteiger partial charge in [-0.2, -0.15) is 0 Å². The van der Waals surface area contributed by atoms with Gasteiger partial charge in [0.15, 0.2) is 0 Å². The van der Waals surface area contributed by atoms with E-state index in [9.17, 15) is 14.3 Å². The fourth-order valence-corrected chi connectivity index (χ4v) is 1.78. The molecule has 100 valence electrons. The summed E-state index contributed by atoms with van der Waals surface area (Å²) in [5.41, 5.74) is 0.973. The van der Waals surface area contributed by atoms with Crippen molar-refractivity contribution >= 4 is 5.91 Å². The molecule has 1 amide bonds. The minimum absolute atomic E-state index is 0.0134. The van der Waals surface area contributed by atoms with Crippen molar-refractivity contribution in [2.45, 2.75) is 12.5 Å². The minimum atomic E-state index is -1.05. The number of amides is 1. The first-order valence-electron chi connectivity index (χ1n) is 5.98. The highest BCUT2D eigenvalue weighted by atomic mass is 19.1. The van der Waals surface area contributed by atoms with Crippen LogP contribution in [-0.4, -0.2) is 22.5 Å². The number of carbonyl (C=O) groups is 1. The molecule has 1 aromatic heterocycles. The van der Waals surface area contributed by atoms with Gasteiger partial charge >= 0.3 is 0 Å². The summed E-state index contributed by atoms with van der Waals surface area (Å²) in [5, 5.41) is 12.4. The molecule has 4 nitrogen and oxygen atoms in total. The van der Waals surface area contributed by atoms with Crippen LogP contribution in [0.5, 0.6) is 0 Å². The molecule has 3 N–H and O–H groups in total. The van der Waals surface area contributed by atoms with E-state index in [-0.39, 0.29) is 24.4 Å². The van der Waals surface area contributed by atoms with Gasteiger partial charge in [0, 0.05) is 24.0 Å². The summed E-state index contributed by atoms with van der Waals surface area (Å²) in [6.45, 7) is -0.0134. The molecule has 2 rings (SSSR count). The Balaban J connectivity index is 1.85. The smallest absolute Gasteiger partial charge is 0.226 e. The van der Waals surface area contributed by atoms with E-state index in [4.69, 9.17) is 0 Å². The Morgan fingerprint density at radius 3 is 2.79 bits per heavy atom. The largest absolute Gasteiger partial charge is 0.386 e. The van der Waals surface area contributed by atoms with Crippen LogP contribution in [0.25, 0.3) is 0 Å². The van der Waals surface area contributed by atoms with Crippen molar-refractivity contribution in [3.8, 4) is 0 Å². The van der Waals surface area contributed by atoms with Gasteiger partial charge in [-0.25, -0.2) is 4.39 Å². The first-order valence-corrected chi connectivity index (χ1v) is 5.98. The fourth-order valence-electron chi connectivity index (χ4n) is 1.78. The quantitative estimate of drug-likeness (QED) is 0.765. The van der Waals surface area contributed by atoms with Crippen molar-refractivity contribution in [2.75, 3.05) is 6.54 Å². The molecule has 0 fully saturated rings. The third-order valence-corrected chi connectivity index (χ3v) is 2.77. The molecule has 1 unspecified atom stereocenters. The van der Waals surface area contributed by atoms with E-state index in [1.165, 1.54) is 12.1 Å². The molecule has 0 aliphatic heterocycles. The summed E-state index contributed by atoms with van der Waals surface area (Å²) >= 11 is 0. The van der Waals surface area contributed by atoms with Gasteiger partial charge in [-0.05, 0) is 18.2 Å². The van der Waals surface area contributed by atoms with Gasteiger partial charge < -0.3 is 15.4 Å². The van der Waals surface area contributed by atoms with Crippen LogP contribution in [0, 0.1) is 5.82 Å². The maximum absolute atomic E-state index is 13.4. The van der Waals surface area contributed by atoms with E-state index >= 15 is 0 Å². The highest BCUT2D eigenvalue weighted by molar-refractivity contribution is 5.78. The second-order valence-electron chi connectivity index (χ2n) is 4.21. The Morgan fingerprint density at radius 2 is 2.11 bits per heavy atom. The molecular formula is C14H15FN2O2. The summed E-state index contributed by atoms with van der Waals surface area (Å²) in [5.74, 6) is -0.702. The van der Waals surface area contributed by atoms with Gasteiger partial charge in [0.25, 0.3) is 0 Å². The zero-order chi connectivity index (χ0) is 13.7. The third kappa shape index (κ3) is 3.66. The first-order chi connectivity index (χ1) is 9.16. The number of hydrogen-bond acceptors (Lipinski definition) is 2. The second-order valence-corrected chi connectivity index (χ2v) is 4.21. The molecule has 0 radical (unpaired) electrons. The third-order valence-electron chi connectivity index (χ3n) is 2.77. The number of halogens is 1. The van der Waals surface area contributed by atoms with Crippen molar-refractivity contribution in [1.82, 2.24) is 10.3 Å². The van der Waals surface area contributed by atoms with Gasteiger partial charge in [0.2, 0.25) is 5.91 Å².